The first kappa shape index (κ1) is 26.1. The number of amides is 1. The SMILES string of the molecule is CN(Cc1ccccc1)S(=O)(=O)c1ccc(NC(=S)NC(=O)COc2ccc(Br)cc2Cl)cc1. The summed E-state index contributed by atoms with van der Waals surface area (Å²) < 4.78 is 33.2. The van der Waals surface area contributed by atoms with Crippen molar-refractivity contribution in [3.05, 3.63) is 87.9 Å². The van der Waals surface area contributed by atoms with Gasteiger partial charge in [0.2, 0.25) is 10.0 Å². The molecule has 7 nitrogen and oxygen atoms in total. The van der Waals surface area contributed by atoms with Gasteiger partial charge in [-0.3, -0.25) is 10.1 Å². The van der Waals surface area contributed by atoms with Crippen LogP contribution in [0.1, 0.15) is 5.56 Å². The molecule has 3 aromatic carbocycles. The Morgan fingerprint density at radius 2 is 1.76 bits per heavy atom. The van der Waals surface area contributed by atoms with Gasteiger partial charge in [0.05, 0.1) is 9.92 Å². The van der Waals surface area contributed by atoms with Gasteiger partial charge >= 0.3 is 0 Å². The van der Waals surface area contributed by atoms with Gasteiger partial charge in [0.15, 0.2) is 11.7 Å². The Bertz CT molecular complexity index is 1270. The van der Waals surface area contributed by atoms with Gasteiger partial charge in [0, 0.05) is 23.8 Å². The number of carbonyl (C=O) groups is 1. The fourth-order valence-electron chi connectivity index (χ4n) is 2.88. The second kappa shape index (κ2) is 11.8. The molecule has 0 bridgehead atoms. The van der Waals surface area contributed by atoms with E-state index in [0.717, 1.165) is 10.0 Å². The van der Waals surface area contributed by atoms with Crippen LogP contribution < -0.4 is 15.4 Å². The van der Waals surface area contributed by atoms with Crippen molar-refractivity contribution in [2.75, 3.05) is 19.0 Å². The molecule has 11 heteroatoms. The smallest absolute Gasteiger partial charge is 0.264 e. The highest BCUT2D eigenvalue weighted by atomic mass is 79.9. The lowest BCUT2D eigenvalue weighted by atomic mass is 10.2. The van der Waals surface area contributed by atoms with Gasteiger partial charge in [-0.15, -0.1) is 0 Å². The van der Waals surface area contributed by atoms with E-state index in [9.17, 15) is 13.2 Å². The van der Waals surface area contributed by atoms with E-state index in [-0.39, 0.29) is 23.2 Å². The van der Waals surface area contributed by atoms with E-state index in [1.54, 1.807) is 30.3 Å². The van der Waals surface area contributed by atoms with Crippen LogP contribution in [0.25, 0.3) is 0 Å². The predicted octanol–water partition coefficient (Wildman–Crippen LogP) is 4.82. The van der Waals surface area contributed by atoms with E-state index in [1.165, 1.54) is 23.5 Å². The minimum absolute atomic E-state index is 0.0484. The summed E-state index contributed by atoms with van der Waals surface area (Å²) in [7, 11) is -2.14. The maximum Gasteiger partial charge on any atom is 0.264 e. The molecule has 0 radical (unpaired) electrons. The highest BCUT2D eigenvalue weighted by Gasteiger charge is 2.21. The minimum atomic E-state index is -3.67. The molecule has 0 saturated carbocycles. The lowest BCUT2D eigenvalue weighted by Gasteiger charge is -2.18. The van der Waals surface area contributed by atoms with Crippen LogP contribution in [-0.4, -0.2) is 37.4 Å². The maximum absolute atomic E-state index is 12.8. The van der Waals surface area contributed by atoms with Gasteiger partial charge in [-0.1, -0.05) is 57.9 Å². The number of sulfonamides is 1. The van der Waals surface area contributed by atoms with Gasteiger partial charge in [-0.25, -0.2) is 8.42 Å². The van der Waals surface area contributed by atoms with Gasteiger partial charge in [-0.05, 0) is 60.2 Å². The number of anilines is 1. The molecule has 0 fully saturated rings. The summed E-state index contributed by atoms with van der Waals surface area (Å²) in [6.45, 7) is -0.0269. The average Bonchev–Trinajstić information content (AvgIpc) is 2.79. The number of benzene rings is 3. The van der Waals surface area contributed by atoms with E-state index >= 15 is 0 Å². The quantitative estimate of drug-likeness (QED) is 0.371. The van der Waals surface area contributed by atoms with Crippen molar-refractivity contribution in [2.24, 2.45) is 0 Å². The number of halogens is 2. The van der Waals surface area contributed by atoms with E-state index in [0.29, 0.717) is 16.5 Å². The third-order valence-corrected chi connectivity index (χ3v) is 7.38. The number of nitrogens with zero attached hydrogens (tertiary/aromatic N) is 1. The molecule has 178 valence electrons. The first-order valence-electron chi connectivity index (χ1n) is 9.94. The molecule has 1 amide bonds. The largest absolute Gasteiger partial charge is 0.482 e. The summed E-state index contributed by atoms with van der Waals surface area (Å²) in [6.07, 6.45) is 0. The van der Waals surface area contributed by atoms with Crippen LogP contribution in [0.2, 0.25) is 5.02 Å². The molecule has 34 heavy (non-hydrogen) atoms. The standard InChI is InChI=1S/C23H21BrClN3O4S2/c1-28(14-16-5-3-2-4-6-16)34(30,31)19-10-8-18(9-11-19)26-23(33)27-22(29)15-32-21-12-7-17(24)13-20(21)25/h2-13H,14-15H2,1H3,(H2,26,27,29,33). The lowest BCUT2D eigenvalue weighted by molar-refractivity contribution is -0.121. The Balaban J connectivity index is 1.53. The lowest BCUT2D eigenvalue weighted by Crippen LogP contribution is -2.37. The summed E-state index contributed by atoms with van der Waals surface area (Å²) in [6, 6.07) is 20.5. The summed E-state index contributed by atoms with van der Waals surface area (Å²) >= 11 is 14.5. The van der Waals surface area contributed by atoms with Gasteiger partial charge in [0.1, 0.15) is 5.75 Å². The number of thiocarbonyl (C=S) groups is 1. The van der Waals surface area contributed by atoms with Crippen LogP contribution >= 0.6 is 39.7 Å². The second-order valence-electron chi connectivity index (χ2n) is 7.14. The number of nitrogens with one attached hydrogen (secondary N) is 2. The van der Waals surface area contributed by atoms with Crippen molar-refractivity contribution >= 4 is 66.5 Å². The van der Waals surface area contributed by atoms with Gasteiger partial charge in [-0.2, -0.15) is 4.31 Å². The van der Waals surface area contributed by atoms with Crippen LogP contribution in [-0.2, 0) is 21.4 Å². The highest BCUT2D eigenvalue weighted by molar-refractivity contribution is 9.10. The normalized spacial score (nSPS) is 11.2. The molecule has 0 spiro atoms. The molecule has 0 saturated heterocycles. The van der Waals surface area contributed by atoms with Crippen LogP contribution in [0, 0.1) is 0 Å². The molecular formula is C23H21BrClN3O4S2. The van der Waals surface area contributed by atoms with Gasteiger partial charge in [0.25, 0.3) is 5.91 Å². The topological polar surface area (TPSA) is 87.7 Å². The van der Waals surface area contributed by atoms with Crippen LogP contribution in [0.4, 0.5) is 5.69 Å². The van der Waals surface area contributed by atoms with E-state index < -0.39 is 15.9 Å². The fourth-order valence-corrected chi connectivity index (χ4v) is 4.99. The van der Waals surface area contributed by atoms with Crippen LogP contribution in [0.3, 0.4) is 0 Å². The molecule has 0 aliphatic rings. The summed E-state index contributed by atoms with van der Waals surface area (Å²) in [5, 5.41) is 5.75. The molecule has 0 atom stereocenters. The minimum Gasteiger partial charge on any atom is -0.482 e. The molecule has 3 rings (SSSR count). The second-order valence-corrected chi connectivity index (χ2v) is 10.9. The summed E-state index contributed by atoms with van der Waals surface area (Å²) in [4.78, 5) is 12.2. The number of rotatable bonds is 8. The number of hydrogen-bond acceptors (Lipinski definition) is 5. The summed E-state index contributed by atoms with van der Waals surface area (Å²) in [5.74, 6) is -0.105. The first-order valence-corrected chi connectivity index (χ1v) is 13.0. The van der Waals surface area contributed by atoms with E-state index in [1.807, 2.05) is 30.3 Å². The monoisotopic (exact) mass is 581 g/mol. The highest BCUT2D eigenvalue weighted by Crippen LogP contribution is 2.27. The van der Waals surface area contributed by atoms with Crippen molar-refractivity contribution in [3.63, 3.8) is 0 Å². The molecule has 2 N–H and O–H groups in total. The van der Waals surface area contributed by atoms with Crippen LogP contribution in [0.5, 0.6) is 5.75 Å². The zero-order valence-electron chi connectivity index (χ0n) is 18.0. The third-order valence-electron chi connectivity index (χ3n) is 4.57. The van der Waals surface area contributed by atoms with Gasteiger partial charge < -0.3 is 10.1 Å². The van der Waals surface area contributed by atoms with Crippen molar-refractivity contribution in [3.8, 4) is 5.75 Å². The Kier molecular flexibility index (Phi) is 9.03. The van der Waals surface area contributed by atoms with E-state index in [4.69, 9.17) is 28.6 Å². The molecule has 0 heterocycles. The molecule has 0 aliphatic heterocycles. The first-order chi connectivity index (χ1) is 16.1. The Hall–Kier alpha value is -2.50. The molecule has 0 unspecified atom stereocenters. The fraction of sp³-hybridized carbons (Fsp3) is 0.130. The van der Waals surface area contributed by atoms with Crippen LogP contribution in [0.15, 0.2) is 82.2 Å². The zero-order valence-corrected chi connectivity index (χ0v) is 22.0. The molecule has 0 aromatic heterocycles. The number of hydrogen-bond donors (Lipinski definition) is 2. The third kappa shape index (κ3) is 7.25. The van der Waals surface area contributed by atoms with E-state index in [2.05, 4.69) is 26.6 Å². The molecule has 0 aliphatic carbocycles. The zero-order chi connectivity index (χ0) is 24.7. The predicted molar refractivity (Wildman–Crippen MR) is 141 cm³/mol. The Morgan fingerprint density at radius 1 is 1.09 bits per heavy atom. The van der Waals surface area contributed by atoms with Crippen molar-refractivity contribution in [2.45, 2.75) is 11.4 Å². The van der Waals surface area contributed by atoms with Crippen molar-refractivity contribution in [1.29, 1.82) is 0 Å². The Morgan fingerprint density at radius 3 is 2.41 bits per heavy atom. The van der Waals surface area contributed by atoms with Crippen molar-refractivity contribution in [1.82, 2.24) is 9.62 Å². The van der Waals surface area contributed by atoms with Crippen molar-refractivity contribution < 1.29 is 17.9 Å². The Labute approximate surface area is 217 Å². The summed E-state index contributed by atoms with van der Waals surface area (Å²) in [5.41, 5.74) is 1.41. The average molecular weight is 583 g/mol. The molecular weight excluding hydrogens is 562 g/mol. The number of carbonyl (C=O) groups excluding carboxylic acids is 1. The molecule has 3 aromatic rings. The maximum atomic E-state index is 12.8. The number of ether oxygens (including phenoxy) is 1.